The molecule has 1 saturated heterocycles. The fourth-order valence-corrected chi connectivity index (χ4v) is 4.57. The van der Waals surface area contributed by atoms with Crippen molar-refractivity contribution in [3.63, 3.8) is 0 Å². The first-order chi connectivity index (χ1) is 18.0. The topological polar surface area (TPSA) is 81.8 Å². The van der Waals surface area contributed by atoms with Gasteiger partial charge in [-0.1, -0.05) is 73.7 Å². The zero-order valence-corrected chi connectivity index (χ0v) is 21.2. The van der Waals surface area contributed by atoms with E-state index in [1.807, 2.05) is 60.7 Å². The Hall–Kier alpha value is -3.97. The van der Waals surface area contributed by atoms with Gasteiger partial charge in [-0.3, -0.25) is 19.3 Å². The molecule has 3 aromatic rings. The van der Waals surface area contributed by atoms with E-state index in [4.69, 9.17) is 0 Å². The first kappa shape index (κ1) is 26.1. The molecule has 4 rings (SSSR count). The van der Waals surface area contributed by atoms with Gasteiger partial charge in [0.25, 0.3) is 5.91 Å². The Bertz CT molecular complexity index is 1190. The fourth-order valence-electron chi connectivity index (χ4n) is 4.57. The molecule has 1 fully saturated rings. The van der Waals surface area contributed by atoms with Crippen molar-refractivity contribution in [1.82, 2.24) is 15.1 Å². The molecular weight excluding hydrogens is 464 g/mol. The lowest BCUT2D eigenvalue weighted by Crippen LogP contribution is -2.56. The highest BCUT2D eigenvalue weighted by Gasteiger charge is 2.29. The fraction of sp³-hybridized carbons (Fsp3) is 0.300. The third-order valence-electron chi connectivity index (χ3n) is 6.65. The molecule has 7 heteroatoms. The van der Waals surface area contributed by atoms with E-state index in [0.717, 1.165) is 23.2 Å². The van der Waals surface area contributed by atoms with Crippen LogP contribution in [-0.4, -0.2) is 66.3 Å². The molecule has 0 spiro atoms. The summed E-state index contributed by atoms with van der Waals surface area (Å²) in [6.45, 7) is 4.54. The predicted octanol–water partition coefficient (Wildman–Crippen LogP) is 3.37. The summed E-state index contributed by atoms with van der Waals surface area (Å²) in [7, 11) is 0. The normalized spacial score (nSPS) is 14.6. The van der Waals surface area contributed by atoms with E-state index >= 15 is 0 Å². The first-order valence-electron chi connectivity index (χ1n) is 12.8. The average molecular weight is 499 g/mol. The van der Waals surface area contributed by atoms with Crippen molar-refractivity contribution in [1.29, 1.82) is 0 Å². The maximum absolute atomic E-state index is 13.5. The minimum atomic E-state index is -0.671. The Kier molecular flexibility index (Phi) is 9.05. The monoisotopic (exact) mass is 498 g/mol. The molecule has 0 radical (unpaired) electrons. The second kappa shape index (κ2) is 12.8. The average Bonchev–Trinajstić information content (AvgIpc) is 2.94. The van der Waals surface area contributed by atoms with E-state index in [0.29, 0.717) is 38.2 Å². The lowest BCUT2D eigenvalue weighted by Gasteiger charge is -2.36. The summed E-state index contributed by atoms with van der Waals surface area (Å²) < 4.78 is 0. The summed E-state index contributed by atoms with van der Waals surface area (Å²) >= 11 is 0. The number of hydrogen-bond acceptors (Lipinski definition) is 4. The number of rotatable bonds is 9. The quantitative estimate of drug-likeness (QED) is 0.474. The largest absolute Gasteiger partial charge is 0.340 e. The highest BCUT2D eigenvalue weighted by atomic mass is 16.2. The Labute approximate surface area is 218 Å². The van der Waals surface area contributed by atoms with Gasteiger partial charge in [0.15, 0.2) is 0 Å². The molecule has 2 N–H and O–H groups in total. The van der Waals surface area contributed by atoms with E-state index in [1.54, 1.807) is 29.2 Å². The number of carbonyl (C=O) groups is 3. The van der Waals surface area contributed by atoms with E-state index in [9.17, 15) is 14.4 Å². The molecule has 1 aliphatic heterocycles. The van der Waals surface area contributed by atoms with Crippen LogP contribution in [0.2, 0.25) is 0 Å². The van der Waals surface area contributed by atoms with Gasteiger partial charge in [0.05, 0.1) is 6.54 Å². The zero-order valence-electron chi connectivity index (χ0n) is 21.2. The van der Waals surface area contributed by atoms with Crippen LogP contribution >= 0.6 is 0 Å². The minimum Gasteiger partial charge on any atom is -0.340 e. The molecule has 192 valence electrons. The van der Waals surface area contributed by atoms with Crippen molar-refractivity contribution < 1.29 is 14.4 Å². The van der Waals surface area contributed by atoms with Crippen LogP contribution in [0.3, 0.4) is 0 Å². The molecule has 0 aromatic heterocycles. The second-order valence-corrected chi connectivity index (χ2v) is 9.24. The third kappa shape index (κ3) is 7.27. The van der Waals surface area contributed by atoms with Crippen molar-refractivity contribution in [2.24, 2.45) is 0 Å². The minimum absolute atomic E-state index is 0.0576. The van der Waals surface area contributed by atoms with E-state index in [-0.39, 0.29) is 24.3 Å². The van der Waals surface area contributed by atoms with Gasteiger partial charge in [-0.25, -0.2) is 0 Å². The summed E-state index contributed by atoms with van der Waals surface area (Å²) in [6.07, 6.45) is 1.26. The Balaban J connectivity index is 1.35. The molecule has 1 atom stereocenters. The maximum atomic E-state index is 13.5. The van der Waals surface area contributed by atoms with Crippen LogP contribution in [0.1, 0.15) is 28.4 Å². The van der Waals surface area contributed by atoms with Crippen LogP contribution in [0.25, 0.3) is 0 Å². The number of amides is 3. The molecule has 3 amide bonds. The third-order valence-corrected chi connectivity index (χ3v) is 6.65. The molecule has 37 heavy (non-hydrogen) atoms. The molecule has 3 aromatic carbocycles. The maximum Gasteiger partial charge on any atom is 0.251 e. The van der Waals surface area contributed by atoms with Crippen LogP contribution in [0.15, 0.2) is 84.9 Å². The molecule has 1 heterocycles. The van der Waals surface area contributed by atoms with Crippen LogP contribution < -0.4 is 10.6 Å². The summed E-state index contributed by atoms with van der Waals surface area (Å²) in [5.74, 6) is -0.426. The zero-order chi connectivity index (χ0) is 26.0. The molecule has 1 aliphatic rings. The van der Waals surface area contributed by atoms with Gasteiger partial charge in [-0.15, -0.1) is 0 Å². The Morgan fingerprint density at radius 3 is 2.11 bits per heavy atom. The van der Waals surface area contributed by atoms with Gasteiger partial charge in [0, 0.05) is 43.9 Å². The van der Waals surface area contributed by atoms with Crippen LogP contribution in [0.4, 0.5) is 5.69 Å². The number of hydrogen-bond donors (Lipinski definition) is 2. The van der Waals surface area contributed by atoms with Crippen molar-refractivity contribution in [3.05, 3.63) is 102 Å². The Morgan fingerprint density at radius 2 is 1.43 bits per heavy atom. The van der Waals surface area contributed by atoms with Gasteiger partial charge < -0.3 is 15.5 Å². The summed E-state index contributed by atoms with van der Waals surface area (Å²) in [6, 6.07) is 25.8. The van der Waals surface area contributed by atoms with Crippen molar-refractivity contribution in [3.8, 4) is 0 Å². The Morgan fingerprint density at radius 1 is 0.811 bits per heavy atom. The smallest absolute Gasteiger partial charge is 0.251 e. The highest BCUT2D eigenvalue weighted by molar-refractivity contribution is 5.97. The van der Waals surface area contributed by atoms with Gasteiger partial charge in [0.1, 0.15) is 6.04 Å². The number of piperazine rings is 1. The summed E-state index contributed by atoms with van der Waals surface area (Å²) in [4.78, 5) is 42.9. The van der Waals surface area contributed by atoms with Gasteiger partial charge in [-0.2, -0.15) is 0 Å². The molecule has 7 nitrogen and oxygen atoms in total. The van der Waals surface area contributed by atoms with Crippen molar-refractivity contribution >= 4 is 23.4 Å². The summed E-state index contributed by atoms with van der Waals surface area (Å²) in [5.41, 5.74) is 3.46. The number of benzene rings is 3. The number of carbonyl (C=O) groups excluding carboxylic acids is 3. The molecule has 1 unspecified atom stereocenters. The number of aryl methyl sites for hydroxylation is 1. The lowest BCUT2D eigenvalue weighted by molar-refractivity contribution is -0.135. The number of para-hydroxylation sites is 1. The number of anilines is 1. The van der Waals surface area contributed by atoms with Crippen molar-refractivity contribution in [2.45, 2.75) is 25.8 Å². The molecule has 0 saturated carbocycles. The highest BCUT2D eigenvalue weighted by Crippen LogP contribution is 2.16. The van der Waals surface area contributed by atoms with Gasteiger partial charge >= 0.3 is 0 Å². The number of nitrogens with one attached hydrogen (secondary N) is 2. The SMILES string of the molecule is CCc1ccccc1NC(=O)CN1CCN(C(=O)C(Cc2ccccc2)NC(=O)c2ccccc2)CC1. The van der Waals surface area contributed by atoms with E-state index < -0.39 is 6.04 Å². The van der Waals surface area contributed by atoms with E-state index in [1.165, 1.54) is 0 Å². The van der Waals surface area contributed by atoms with Gasteiger partial charge in [-0.05, 0) is 35.7 Å². The van der Waals surface area contributed by atoms with Crippen LogP contribution in [0.5, 0.6) is 0 Å². The standard InChI is InChI=1S/C30H34N4O3/c1-2-24-13-9-10-16-26(24)31-28(35)22-33-17-19-34(20-18-33)30(37)27(21-23-11-5-3-6-12-23)32-29(36)25-14-7-4-8-15-25/h3-16,27H,2,17-22H2,1H3,(H,31,35)(H,32,36). The molecule has 0 bridgehead atoms. The first-order valence-corrected chi connectivity index (χ1v) is 12.8. The predicted molar refractivity (Wildman–Crippen MR) is 145 cm³/mol. The molecular formula is C30H34N4O3. The lowest BCUT2D eigenvalue weighted by atomic mass is 10.0. The number of nitrogens with zero attached hydrogens (tertiary/aromatic N) is 2. The van der Waals surface area contributed by atoms with Crippen LogP contribution in [0, 0.1) is 0 Å². The summed E-state index contributed by atoms with van der Waals surface area (Å²) in [5, 5.41) is 5.97. The van der Waals surface area contributed by atoms with Crippen molar-refractivity contribution in [2.75, 3.05) is 38.0 Å². The van der Waals surface area contributed by atoms with E-state index in [2.05, 4.69) is 22.5 Å². The second-order valence-electron chi connectivity index (χ2n) is 9.24. The van der Waals surface area contributed by atoms with Gasteiger partial charge in [0.2, 0.25) is 11.8 Å². The van der Waals surface area contributed by atoms with Crippen LogP contribution in [-0.2, 0) is 22.4 Å². The molecule has 0 aliphatic carbocycles.